The average molecular weight is 294 g/mol. The van der Waals surface area contributed by atoms with E-state index in [0.717, 1.165) is 32.4 Å². The SMILES string of the molecule is CC(Oc1ccc([C@@H](C)N)cc1F)C(=O)N1CCCCC1. The van der Waals surface area contributed by atoms with E-state index in [2.05, 4.69) is 0 Å². The molecule has 2 rings (SSSR count). The Kier molecular flexibility index (Phi) is 5.17. The van der Waals surface area contributed by atoms with E-state index in [1.54, 1.807) is 24.8 Å². The van der Waals surface area contributed by atoms with Crippen molar-refractivity contribution in [3.63, 3.8) is 0 Å². The second kappa shape index (κ2) is 6.89. The lowest BCUT2D eigenvalue weighted by Gasteiger charge is -2.29. The van der Waals surface area contributed by atoms with Crippen LogP contribution in [0.4, 0.5) is 4.39 Å². The quantitative estimate of drug-likeness (QED) is 0.928. The predicted octanol–water partition coefficient (Wildman–Crippen LogP) is 2.63. The fourth-order valence-electron chi connectivity index (χ4n) is 2.51. The molecule has 21 heavy (non-hydrogen) atoms. The van der Waals surface area contributed by atoms with Crippen LogP contribution in [0.5, 0.6) is 5.75 Å². The van der Waals surface area contributed by atoms with Crippen molar-refractivity contribution in [2.24, 2.45) is 5.73 Å². The van der Waals surface area contributed by atoms with Gasteiger partial charge in [0, 0.05) is 19.1 Å². The van der Waals surface area contributed by atoms with Gasteiger partial charge in [-0.25, -0.2) is 4.39 Å². The normalized spacial score (nSPS) is 18.2. The molecule has 4 nitrogen and oxygen atoms in total. The lowest BCUT2D eigenvalue weighted by molar-refractivity contribution is -0.138. The van der Waals surface area contributed by atoms with Gasteiger partial charge in [0.25, 0.3) is 5.91 Å². The molecule has 0 saturated carbocycles. The number of carbonyl (C=O) groups is 1. The first kappa shape index (κ1) is 15.8. The van der Waals surface area contributed by atoms with E-state index in [-0.39, 0.29) is 17.7 Å². The molecule has 0 bridgehead atoms. The molecule has 1 aromatic rings. The molecule has 1 unspecified atom stereocenters. The standard InChI is InChI=1S/C16H23FN2O2/c1-11(18)13-6-7-15(14(17)10-13)21-12(2)16(20)19-8-4-3-5-9-19/h6-7,10-12H,3-5,8-9,18H2,1-2H3/t11-,12?/m1/s1. The summed E-state index contributed by atoms with van der Waals surface area (Å²) in [4.78, 5) is 14.0. The van der Waals surface area contributed by atoms with E-state index in [0.29, 0.717) is 5.56 Å². The van der Waals surface area contributed by atoms with Crippen molar-refractivity contribution in [2.75, 3.05) is 13.1 Å². The van der Waals surface area contributed by atoms with Gasteiger partial charge in [-0.1, -0.05) is 6.07 Å². The molecule has 1 aliphatic heterocycles. The van der Waals surface area contributed by atoms with Gasteiger partial charge in [-0.15, -0.1) is 0 Å². The maximum atomic E-state index is 14.0. The number of piperidine rings is 1. The summed E-state index contributed by atoms with van der Waals surface area (Å²) < 4.78 is 19.5. The number of halogens is 1. The number of likely N-dealkylation sites (tertiary alicyclic amines) is 1. The Morgan fingerprint density at radius 1 is 1.29 bits per heavy atom. The summed E-state index contributed by atoms with van der Waals surface area (Å²) in [6, 6.07) is 4.38. The topological polar surface area (TPSA) is 55.6 Å². The Morgan fingerprint density at radius 3 is 2.52 bits per heavy atom. The molecule has 1 aliphatic rings. The minimum atomic E-state index is -0.682. The molecule has 1 saturated heterocycles. The molecule has 0 spiro atoms. The van der Waals surface area contributed by atoms with Crippen LogP contribution in [0.25, 0.3) is 0 Å². The Morgan fingerprint density at radius 2 is 1.95 bits per heavy atom. The zero-order valence-electron chi connectivity index (χ0n) is 12.6. The summed E-state index contributed by atoms with van der Waals surface area (Å²) in [6.07, 6.45) is 2.52. The minimum Gasteiger partial charge on any atom is -0.478 e. The fraction of sp³-hybridized carbons (Fsp3) is 0.562. The average Bonchev–Trinajstić information content (AvgIpc) is 2.49. The number of carbonyl (C=O) groups excluding carboxylic acids is 1. The van der Waals surface area contributed by atoms with Gasteiger partial charge in [-0.2, -0.15) is 0 Å². The molecule has 2 atom stereocenters. The summed E-state index contributed by atoms with van der Waals surface area (Å²) in [7, 11) is 0. The highest BCUT2D eigenvalue weighted by Gasteiger charge is 2.24. The van der Waals surface area contributed by atoms with Crippen molar-refractivity contribution < 1.29 is 13.9 Å². The number of nitrogens with two attached hydrogens (primary N) is 1. The zero-order chi connectivity index (χ0) is 15.4. The maximum Gasteiger partial charge on any atom is 0.263 e. The van der Waals surface area contributed by atoms with Crippen LogP contribution in [-0.2, 0) is 4.79 Å². The van der Waals surface area contributed by atoms with Gasteiger partial charge in [0.15, 0.2) is 17.7 Å². The van der Waals surface area contributed by atoms with Crippen LogP contribution in [-0.4, -0.2) is 30.0 Å². The molecule has 0 radical (unpaired) electrons. The summed E-state index contributed by atoms with van der Waals surface area (Å²) in [5, 5.41) is 0. The van der Waals surface area contributed by atoms with E-state index in [9.17, 15) is 9.18 Å². The van der Waals surface area contributed by atoms with Gasteiger partial charge >= 0.3 is 0 Å². The minimum absolute atomic E-state index is 0.0784. The summed E-state index contributed by atoms with van der Waals surface area (Å²) in [5.41, 5.74) is 6.41. The Labute approximate surface area is 125 Å². The van der Waals surface area contributed by atoms with Crippen LogP contribution in [0.15, 0.2) is 18.2 Å². The molecule has 1 heterocycles. The van der Waals surface area contributed by atoms with Crippen LogP contribution >= 0.6 is 0 Å². The summed E-state index contributed by atoms with van der Waals surface area (Å²) in [5.74, 6) is -0.467. The number of ether oxygens (including phenoxy) is 1. The third kappa shape index (κ3) is 3.94. The van der Waals surface area contributed by atoms with E-state index in [1.807, 2.05) is 0 Å². The van der Waals surface area contributed by atoms with Gasteiger partial charge in [-0.05, 0) is 50.8 Å². The lowest BCUT2D eigenvalue weighted by Crippen LogP contribution is -2.43. The molecule has 5 heteroatoms. The van der Waals surface area contributed by atoms with Gasteiger partial charge < -0.3 is 15.4 Å². The van der Waals surface area contributed by atoms with Crippen molar-refractivity contribution >= 4 is 5.91 Å². The van der Waals surface area contributed by atoms with E-state index in [4.69, 9.17) is 10.5 Å². The van der Waals surface area contributed by atoms with Crippen molar-refractivity contribution in [1.82, 2.24) is 4.90 Å². The molecule has 0 aromatic heterocycles. The van der Waals surface area contributed by atoms with Gasteiger partial charge in [0.05, 0.1) is 0 Å². The Hall–Kier alpha value is -1.62. The molecular weight excluding hydrogens is 271 g/mol. The molecule has 2 N–H and O–H groups in total. The maximum absolute atomic E-state index is 14.0. The molecular formula is C16H23FN2O2. The van der Waals surface area contributed by atoms with Crippen molar-refractivity contribution in [3.05, 3.63) is 29.6 Å². The lowest BCUT2D eigenvalue weighted by atomic mass is 10.1. The number of rotatable bonds is 4. The zero-order valence-corrected chi connectivity index (χ0v) is 12.6. The van der Waals surface area contributed by atoms with Crippen molar-refractivity contribution in [1.29, 1.82) is 0 Å². The third-order valence-electron chi connectivity index (χ3n) is 3.80. The second-order valence-corrected chi connectivity index (χ2v) is 5.62. The smallest absolute Gasteiger partial charge is 0.263 e. The molecule has 1 aromatic carbocycles. The monoisotopic (exact) mass is 294 g/mol. The molecule has 1 amide bonds. The highest BCUT2D eigenvalue weighted by Crippen LogP contribution is 2.23. The van der Waals surface area contributed by atoms with Crippen LogP contribution in [0, 0.1) is 5.82 Å². The summed E-state index contributed by atoms with van der Waals surface area (Å²) in [6.45, 7) is 4.98. The third-order valence-corrected chi connectivity index (χ3v) is 3.80. The van der Waals surface area contributed by atoms with Crippen LogP contribution < -0.4 is 10.5 Å². The van der Waals surface area contributed by atoms with E-state index in [1.165, 1.54) is 12.1 Å². The Balaban J connectivity index is 2.01. The van der Waals surface area contributed by atoms with Crippen LogP contribution in [0.2, 0.25) is 0 Å². The van der Waals surface area contributed by atoms with Crippen molar-refractivity contribution in [2.45, 2.75) is 45.3 Å². The van der Waals surface area contributed by atoms with Gasteiger partial charge in [0.2, 0.25) is 0 Å². The number of nitrogens with zero attached hydrogens (tertiary/aromatic N) is 1. The number of benzene rings is 1. The van der Waals surface area contributed by atoms with Gasteiger partial charge in [-0.3, -0.25) is 4.79 Å². The highest BCUT2D eigenvalue weighted by molar-refractivity contribution is 5.81. The first-order chi connectivity index (χ1) is 9.99. The molecule has 116 valence electrons. The first-order valence-electron chi connectivity index (χ1n) is 7.49. The second-order valence-electron chi connectivity index (χ2n) is 5.62. The number of hydrogen-bond donors (Lipinski definition) is 1. The van der Waals surface area contributed by atoms with E-state index >= 15 is 0 Å². The first-order valence-corrected chi connectivity index (χ1v) is 7.49. The fourth-order valence-corrected chi connectivity index (χ4v) is 2.51. The number of amides is 1. The Bertz CT molecular complexity index is 499. The summed E-state index contributed by atoms with van der Waals surface area (Å²) >= 11 is 0. The van der Waals surface area contributed by atoms with Crippen molar-refractivity contribution in [3.8, 4) is 5.75 Å². The predicted molar refractivity (Wildman–Crippen MR) is 79.5 cm³/mol. The number of hydrogen-bond acceptors (Lipinski definition) is 3. The molecule has 1 fully saturated rings. The molecule has 0 aliphatic carbocycles. The van der Waals surface area contributed by atoms with Crippen LogP contribution in [0.1, 0.15) is 44.7 Å². The largest absolute Gasteiger partial charge is 0.478 e. The highest BCUT2D eigenvalue weighted by atomic mass is 19.1. The van der Waals surface area contributed by atoms with Gasteiger partial charge in [0.1, 0.15) is 0 Å². The van der Waals surface area contributed by atoms with Crippen LogP contribution in [0.3, 0.4) is 0 Å². The van der Waals surface area contributed by atoms with E-state index < -0.39 is 11.9 Å².